The van der Waals surface area contributed by atoms with E-state index < -0.39 is 0 Å². The first-order valence-electron chi connectivity index (χ1n) is 5.79. The fourth-order valence-corrected chi connectivity index (χ4v) is 2.27. The zero-order valence-corrected chi connectivity index (χ0v) is 11.1. The van der Waals surface area contributed by atoms with Crippen LogP contribution in [0.4, 0.5) is 0 Å². The molecule has 0 bridgehead atoms. The molecule has 2 nitrogen and oxygen atoms in total. The van der Waals surface area contributed by atoms with E-state index >= 15 is 0 Å². The Balaban J connectivity index is 2.89. The Bertz CT molecular complexity index is 172. The molecule has 0 aromatic rings. The minimum Gasteiger partial charge on any atom is -0.211 e. The zero-order chi connectivity index (χ0) is 11.2. The van der Waals surface area contributed by atoms with Gasteiger partial charge < -0.3 is 0 Å². The smallest absolute Gasteiger partial charge is 0.211 e. The van der Waals surface area contributed by atoms with Crippen molar-refractivity contribution in [1.82, 2.24) is 0 Å². The summed E-state index contributed by atoms with van der Waals surface area (Å²) in [4.78, 5) is 13.3. The van der Waals surface area contributed by atoms with Gasteiger partial charge in [-0.2, -0.15) is 11.1 Å². The molecule has 0 rings (SSSR count). The van der Waals surface area contributed by atoms with Crippen LogP contribution < -0.4 is 0 Å². The summed E-state index contributed by atoms with van der Waals surface area (Å²) in [7, 11) is 0.600. The highest BCUT2D eigenvalue weighted by Gasteiger charge is 1.92. The van der Waals surface area contributed by atoms with Crippen molar-refractivity contribution < 1.29 is 4.79 Å². The third-order valence-corrected chi connectivity index (χ3v) is 3.47. The van der Waals surface area contributed by atoms with E-state index in [1.165, 1.54) is 51.0 Å². The van der Waals surface area contributed by atoms with Crippen molar-refractivity contribution in [1.29, 1.82) is 0 Å². The molecule has 15 heavy (non-hydrogen) atoms. The van der Waals surface area contributed by atoms with E-state index in [4.69, 9.17) is 11.1 Å². The molecule has 0 aromatic carbocycles. The Morgan fingerprint density at radius 1 is 0.933 bits per heavy atom. The molecule has 4 heteroatoms. The molecule has 0 aliphatic heterocycles. The average molecular weight is 246 g/mol. The minimum atomic E-state index is 0.600. The lowest BCUT2D eigenvalue weighted by Crippen LogP contribution is -1.84. The lowest BCUT2D eigenvalue weighted by atomic mass is 10.1. The monoisotopic (exact) mass is 245 g/mol. The van der Waals surface area contributed by atoms with Crippen molar-refractivity contribution in [2.24, 2.45) is 4.99 Å². The lowest BCUT2D eigenvalue weighted by Gasteiger charge is -2.00. The summed E-state index contributed by atoms with van der Waals surface area (Å²) in [6.07, 6.45) is 11.7. The van der Waals surface area contributed by atoms with E-state index in [-0.39, 0.29) is 0 Å². The van der Waals surface area contributed by atoms with Crippen molar-refractivity contribution in [3.8, 4) is 0 Å². The molecule has 0 fully saturated rings. The molecule has 0 saturated heterocycles. The van der Waals surface area contributed by atoms with E-state index in [9.17, 15) is 4.79 Å². The Labute approximate surface area is 100 Å². The third-order valence-electron chi connectivity index (χ3n) is 2.36. The molecule has 0 N–H and O–H groups in total. The molecular weight excluding hydrogens is 226 g/mol. The number of aliphatic imine (C=N–C) groups is 1. The van der Waals surface area contributed by atoms with Crippen LogP contribution in [-0.2, 0) is 4.79 Å². The second-order valence-electron chi connectivity index (χ2n) is 3.69. The van der Waals surface area contributed by atoms with Crippen LogP contribution in [0.2, 0.25) is 6.04 Å². The average Bonchev–Trinajstić information content (AvgIpc) is 2.26. The van der Waals surface area contributed by atoms with Crippen molar-refractivity contribution in [2.45, 2.75) is 57.4 Å². The summed E-state index contributed by atoms with van der Waals surface area (Å²) in [5.41, 5.74) is 0. The SMILES string of the molecule is O=C=NCCCCCCCCCC[Si]Cl. The molecule has 0 spiro atoms. The van der Waals surface area contributed by atoms with Gasteiger partial charge in [0, 0.05) is 0 Å². The summed E-state index contributed by atoms with van der Waals surface area (Å²) in [5.74, 6) is 0. The first-order chi connectivity index (χ1) is 7.41. The van der Waals surface area contributed by atoms with Gasteiger partial charge in [-0.15, -0.1) is 0 Å². The molecule has 0 aliphatic rings. The minimum absolute atomic E-state index is 0.600. The van der Waals surface area contributed by atoms with E-state index in [1.807, 2.05) is 0 Å². The van der Waals surface area contributed by atoms with Gasteiger partial charge in [0.2, 0.25) is 6.08 Å². The molecule has 0 unspecified atom stereocenters. The highest BCUT2D eigenvalue weighted by molar-refractivity contribution is 6.93. The maximum Gasteiger partial charge on any atom is 0.234 e. The predicted molar refractivity (Wildman–Crippen MR) is 66.3 cm³/mol. The second-order valence-corrected chi connectivity index (χ2v) is 5.25. The third kappa shape index (κ3) is 13.9. The fraction of sp³-hybridized carbons (Fsp3) is 0.909. The summed E-state index contributed by atoms with van der Waals surface area (Å²) in [6, 6.07) is 1.19. The van der Waals surface area contributed by atoms with Crippen LogP contribution in [0.15, 0.2) is 4.99 Å². The number of hydrogen-bond donors (Lipinski definition) is 0. The van der Waals surface area contributed by atoms with Crippen molar-refractivity contribution in [2.75, 3.05) is 6.54 Å². The molecule has 0 heterocycles. The highest BCUT2D eigenvalue weighted by Crippen LogP contribution is 2.09. The first kappa shape index (κ1) is 14.9. The normalized spacial score (nSPS) is 9.93. The van der Waals surface area contributed by atoms with E-state index in [2.05, 4.69) is 4.99 Å². The van der Waals surface area contributed by atoms with E-state index in [0.717, 1.165) is 6.42 Å². The number of carbonyl (C=O) groups excluding carboxylic acids is 1. The molecule has 0 aromatic heterocycles. The molecule has 0 atom stereocenters. The van der Waals surface area contributed by atoms with Gasteiger partial charge in [-0.25, -0.2) is 9.79 Å². The van der Waals surface area contributed by atoms with Crippen molar-refractivity contribution in [3.63, 3.8) is 0 Å². The van der Waals surface area contributed by atoms with Crippen LogP contribution in [-0.4, -0.2) is 21.5 Å². The number of isocyanates is 1. The van der Waals surface area contributed by atoms with Gasteiger partial charge in [0.1, 0.15) is 0 Å². The molecular formula is C11H20ClNOSi. The lowest BCUT2D eigenvalue weighted by molar-refractivity contribution is 0.558. The van der Waals surface area contributed by atoms with Gasteiger partial charge in [-0.3, -0.25) is 0 Å². The van der Waals surface area contributed by atoms with Crippen LogP contribution in [0, 0.1) is 0 Å². The largest absolute Gasteiger partial charge is 0.234 e. The van der Waals surface area contributed by atoms with Gasteiger partial charge in [-0.05, 0) is 12.5 Å². The van der Waals surface area contributed by atoms with Gasteiger partial charge in [0.25, 0.3) is 0 Å². The number of nitrogens with zero attached hydrogens (tertiary/aromatic N) is 1. The van der Waals surface area contributed by atoms with Crippen LogP contribution in [0.5, 0.6) is 0 Å². The van der Waals surface area contributed by atoms with Crippen LogP contribution >= 0.6 is 11.1 Å². The predicted octanol–water partition coefficient (Wildman–Crippen LogP) is 3.72. The summed E-state index contributed by atoms with van der Waals surface area (Å²) in [5, 5.41) is 0. The summed E-state index contributed by atoms with van der Waals surface area (Å²) >= 11 is 5.62. The van der Waals surface area contributed by atoms with Crippen LogP contribution in [0.3, 0.4) is 0 Å². The number of hydrogen-bond acceptors (Lipinski definition) is 2. The molecule has 2 radical (unpaired) electrons. The standard InChI is InChI=1S/C11H20ClNOSi/c12-15-10-8-6-4-2-1-3-5-7-9-13-11-14/h1-10H2. The highest BCUT2D eigenvalue weighted by atomic mass is 35.6. The van der Waals surface area contributed by atoms with Gasteiger partial charge in [0.15, 0.2) is 8.83 Å². The Morgan fingerprint density at radius 3 is 2.00 bits per heavy atom. The van der Waals surface area contributed by atoms with Gasteiger partial charge in [-0.1, -0.05) is 44.9 Å². The van der Waals surface area contributed by atoms with E-state index in [0.29, 0.717) is 15.4 Å². The Hall–Kier alpha value is -0.113. The molecule has 0 amide bonds. The fourth-order valence-electron chi connectivity index (χ4n) is 1.49. The summed E-state index contributed by atoms with van der Waals surface area (Å²) in [6.45, 7) is 0.653. The van der Waals surface area contributed by atoms with Crippen LogP contribution in [0.25, 0.3) is 0 Å². The van der Waals surface area contributed by atoms with Gasteiger partial charge >= 0.3 is 0 Å². The Kier molecular flexibility index (Phi) is 13.8. The summed E-state index contributed by atoms with van der Waals surface area (Å²) < 4.78 is 0. The topological polar surface area (TPSA) is 29.4 Å². The number of halogens is 1. The van der Waals surface area contributed by atoms with Gasteiger partial charge in [0.05, 0.1) is 6.54 Å². The van der Waals surface area contributed by atoms with Crippen molar-refractivity contribution in [3.05, 3.63) is 0 Å². The second kappa shape index (κ2) is 13.9. The Morgan fingerprint density at radius 2 is 1.47 bits per heavy atom. The maximum absolute atomic E-state index is 9.76. The molecule has 0 aliphatic carbocycles. The molecule has 86 valence electrons. The van der Waals surface area contributed by atoms with Crippen LogP contribution in [0.1, 0.15) is 51.4 Å². The maximum atomic E-state index is 9.76. The quantitative estimate of drug-likeness (QED) is 0.179. The van der Waals surface area contributed by atoms with Crippen molar-refractivity contribution >= 4 is 26.0 Å². The zero-order valence-electron chi connectivity index (χ0n) is 9.30. The molecule has 0 saturated carbocycles. The first-order valence-corrected chi connectivity index (χ1v) is 8.01. The number of rotatable bonds is 11. The number of unbranched alkanes of at least 4 members (excludes halogenated alkanes) is 7. The van der Waals surface area contributed by atoms with E-state index in [1.54, 1.807) is 6.08 Å².